The first kappa shape index (κ1) is 15.3. The SMILES string of the molecule is COC(=O)C(Nc1ccc(Cl)cc1)c1cn(CCO)nn1. The summed E-state index contributed by atoms with van der Waals surface area (Å²) in [5, 5.41) is 20.3. The zero-order valence-electron chi connectivity index (χ0n) is 11.4. The third-order valence-electron chi connectivity index (χ3n) is 2.77. The standard InChI is InChI=1S/C13H15ClN4O3/c1-21-13(20)12(11-8-18(6-7-19)17-16-11)15-10-4-2-9(14)3-5-10/h2-5,8,12,15,19H,6-7H2,1H3. The molecule has 0 radical (unpaired) electrons. The molecular weight excluding hydrogens is 296 g/mol. The summed E-state index contributed by atoms with van der Waals surface area (Å²) < 4.78 is 6.23. The number of rotatable bonds is 6. The van der Waals surface area contributed by atoms with Crippen LogP contribution in [-0.2, 0) is 16.1 Å². The summed E-state index contributed by atoms with van der Waals surface area (Å²) in [5.41, 5.74) is 1.11. The Morgan fingerprint density at radius 2 is 2.19 bits per heavy atom. The van der Waals surface area contributed by atoms with Gasteiger partial charge in [0, 0.05) is 10.7 Å². The van der Waals surface area contributed by atoms with Crippen molar-refractivity contribution in [3.05, 3.63) is 41.2 Å². The fourth-order valence-corrected chi connectivity index (χ4v) is 1.87. The molecule has 0 amide bonds. The van der Waals surface area contributed by atoms with Gasteiger partial charge in [0.2, 0.25) is 0 Å². The highest BCUT2D eigenvalue weighted by atomic mass is 35.5. The fraction of sp³-hybridized carbons (Fsp3) is 0.308. The maximum absolute atomic E-state index is 11.9. The normalized spacial score (nSPS) is 12.0. The largest absolute Gasteiger partial charge is 0.467 e. The van der Waals surface area contributed by atoms with Crippen LogP contribution in [0.5, 0.6) is 0 Å². The molecule has 7 nitrogen and oxygen atoms in total. The van der Waals surface area contributed by atoms with Crippen LogP contribution in [0.4, 0.5) is 5.69 Å². The minimum Gasteiger partial charge on any atom is -0.467 e. The Bertz CT molecular complexity index is 600. The molecule has 112 valence electrons. The van der Waals surface area contributed by atoms with Gasteiger partial charge in [-0.05, 0) is 24.3 Å². The van der Waals surface area contributed by atoms with Gasteiger partial charge in [0.25, 0.3) is 0 Å². The number of aliphatic hydroxyl groups is 1. The number of benzene rings is 1. The van der Waals surface area contributed by atoms with Gasteiger partial charge >= 0.3 is 5.97 Å². The molecule has 1 unspecified atom stereocenters. The van der Waals surface area contributed by atoms with Gasteiger partial charge in [-0.15, -0.1) is 5.10 Å². The third kappa shape index (κ3) is 3.93. The molecule has 8 heteroatoms. The molecular formula is C13H15ClN4O3. The number of halogens is 1. The second kappa shape index (κ2) is 7.05. The molecule has 0 aliphatic heterocycles. The molecule has 0 fully saturated rings. The Kier molecular flexibility index (Phi) is 5.13. The van der Waals surface area contributed by atoms with Crippen molar-refractivity contribution in [2.45, 2.75) is 12.6 Å². The van der Waals surface area contributed by atoms with Crippen molar-refractivity contribution in [2.75, 3.05) is 19.0 Å². The molecule has 0 bridgehead atoms. The van der Waals surface area contributed by atoms with Crippen molar-refractivity contribution in [1.29, 1.82) is 0 Å². The second-order valence-corrected chi connectivity index (χ2v) is 4.67. The summed E-state index contributed by atoms with van der Waals surface area (Å²) in [4.78, 5) is 11.9. The summed E-state index contributed by atoms with van der Waals surface area (Å²) in [7, 11) is 1.30. The molecule has 0 aliphatic carbocycles. The summed E-state index contributed by atoms with van der Waals surface area (Å²) in [5.74, 6) is -0.485. The summed E-state index contributed by atoms with van der Waals surface area (Å²) in [6, 6.07) is 6.12. The van der Waals surface area contributed by atoms with Crippen LogP contribution in [0.25, 0.3) is 0 Å². The van der Waals surface area contributed by atoms with E-state index in [9.17, 15) is 4.79 Å². The van der Waals surface area contributed by atoms with Crippen LogP contribution in [-0.4, -0.2) is 39.8 Å². The predicted octanol–water partition coefficient (Wildman–Crippen LogP) is 1.25. The lowest BCUT2D eigenvalue weighted by Crippen LogP contribution is -2.22. The topological polar surface area (TPSA) is 89.3 Å². The Balaban J connectivity index is 2.21. The van der Waals surface area contributed by atoms with E-state index in [0.717, 1.165) is 0 Å². The fourth-order valence-electron chi connectivity index (χ4n) is 1.74. The second-order valence-electron chi connectivity index (χ2n) is 4.24. The highest BCUT2D eigenvalue weighted by Gasteiger charge is 2.24. The van der Waals surface area contributed by atoms with Gasteiger partial charge in [-0.3, -0.25) is 0 Å². The van der Waals surface area contributed by atoms with Crippen molar-refractivity contribution in [3.8, 4) is 0 Å². The molecule has 0 saturated heterocycles. The number of ether oxygens (including phenoxy) is 1. The van der Waals surface area contributed by atoms with Gasteiger partial charge in [0.15, 0.2) is 6.04 Å². The van der Waals surface area contributed by atoms with Crippen molar-refractivity contribution in [3.63, 3.8) is 0 Å². The average Bonchev–Trinajstić information content (AvgIpc) is 2.94. The van der Waals surface area contributed by atoms with Crippen LogP contribution in [0.15, 0.2) is 30.5 Å². The van der Waals surface area contributed by atoms with Crippen LogP contribution in [0.3, 0.4) is 0 Å². The molecule has 2 N–H and O–H groups in total. The van der Waals surface area contributed by atoms with Crippen LogP contribution in [0, 0.1) is 0 Å². The van der Waals surface area contributed by atoms with E-state index in [-0.39, 0.29) is 6.61 Å². The van der Waals surface area contributed by atoms with Crippen molar-refractivity contribution < 1.29 is 14.6 Å². The number of nitrogens with one attached hydrogen (secondary N) is 1. The van der Waals surface area contributed by atoms with Crippen LogP contribution >= 0.6 is 11.6 Å². The number of aliphatic hydroxyl groups excluding tert-OH is 1. The Morgan fingerprint density at radius 3 is 2.81 bits per heavy atom. The van der Waals surface area contributed by atoms with Crippen LogP contribution in [0.1, 0.15) is 11.7 Å². The number of methoxy groups -OCH3 is 1. The number of nitrogens with zero attached hydrogens (tertiary/aromatic N) is 3. The van der Waals surface area contributed by atoms with E-state index in [2.05, 4.69) is 15.6 Å². The van der Waals surface area contributed by atoms with Gasteiger partial charge in [0.1, 0.15) is 5.69 Å². The van der Waals surface area contributed by atoms with E-state index in [4.69, 9.17) is 21.4 Å². The highest BCUT2D eigenvalue weighted by Crippen LogP contribution is 2.21. The van der Waals surface area contributed by atoms with Crippen molar-refractivity contribution in [1.82, 2.24) is 15.0 Å². The summed E-state index contributed by atoms with van der Waals surface area (Å²) in [6.45, 7) is 0.248. The predicted molar refractivity (Wildman–Crippen MR) is 76.9 cm³/mol. The first-order chi connectivity index (χ1) is 10.1. The first-order valence-corrected chi connectivity index (χ1v) is 6.62. The van der Waals surface area contributed by atoms with Gasteiger partial charge < -0.3 is 15.2 Å². The minimum atomic E-state index is -0.788. The number of hydrogen-bond donors (Lipinski definition) is 2. The molecule has 2 rings (SSSR count). The van der Waals surface area contributed by atoms with E-state index < -0.39 is 12.0 Å². The molecule has 1 aromatic heterocycles. The zero-order chi connectivity index (χ0) is 15.2. The van der Waals surface area contributed by atoms with E-state index in [1.54, 1.807) is 30.5 Å². The molecule has 0 spiro atoms. The molecule has 21 heavy (non-hydrogen) atoms. The number of carbonyl (C=O) groups excluding carboxylic acids is 1. The maximum atomic E-state index is 11.9. The summed E-state index contributed by atoms with van der Waals surface area (Å²) >= 11 is 5.82. The Hall–Kier alpha value is -2.12. The lowest BCUT2D eigenvalue weighted by atomic mass is 10.2. The number of anilines is 1. The molecule has 0 aliphatic rings. The number of carbonyl (C=O) groups is 1. The highest BCUT2D eigenvalue weighted by molar-refractivity contribution is 6.30. The molecule has 2 aromatic rings. The molecule has 1 heterocycles. The third-order valence-corrected chi connectivity index (χ3v) is 3.03. The molecule has 0 saturated carbocycles. The van der Waals surface area contributed by atoms with E-state index in [1.165, 1.54) is 11.8 Å². The van der Waals surface area contributed by atoms with Gasteiger partial charge in [-0.25, -0.2) is 9.48 Å². The quantitative estimate of drug-likeness (QED) is 0.781. The van der Waals surface area contributed by atoms with E-state index in [0.29, 0.717) is 22.9 Å². The number of aromatic nitrogens is 3. The Morgan fingerprint density at radius 1 is 1.48 bits per heavy atom. The average molecular weight is 311 g/mol. The zero-order valence-corrected chi connectivity index (χ0v) is 12.1. The van der Waals surface area contributed by atoms with E-state index in [1.807, 2.05) is 0 Å². The molecule has 1 atom stereocenters. The monoisotopic (exact) mass is 310 g/mol. The summed E-state index contributed by atoms with van der Waals surface area (Å²) in [6.07, 6.45) is 1.58. The Labute approximate surface area is 126 Å². The molecule has 1 aromatic carbocycles. The van der Waals surface area contributed by atoms with Gasteiger partial charge in [-0.2, -0.15) is 0 Å². The number of esters is 1. The van der Waals surface area contributed by atoms with Gasteiger partial charge in [-0.1, -0.05) is 16.8 Å². The lowest BCUT2D eigenvalue weighted by Gasteiger charge is -2.15. The first-order valence-electron chi connectivity index (χ1n) is 6.25. The van der Waals surface area contributed by atoms with Gasteiger partial charge in [0.05, 0.1) is 26.5 Å². The van der Waals surface area contributed by atoms with Crippen LogP contribution in [0.2, 0.25) is 5.02 Å². The smallest absolute Gasteiger partial charge is 0.334 e. The maximum Gasteiger partial charge on any atom is 0.334 e. The van der Waals surface area contributed by atoms with Crippen LogP contribution < -0.4 is 5.32 Å². The van der Waals surface area contributed by atoms with E-state index >= 15 is 0 Å². The lowest BCUT2D eigenvalue weighted by molar-refractivity contribution is -0.141. The number of hydrogen-bond acceptors (Lipinski definition) is 6. The van der Waals surface area contributed by atoms with Crippen molar-refractivity contribution in [2.24, 2.45) is 0 Å². The van der Waals surface area contributed by atoms with Crippen molar-refractivity contribution >= 4 is 23.3 Å². The minimum absolute atomic E-state index is 0.0592.